The van der Waals surface area contributed by atoms with Crippen molar-refractivity contribution in [2.75, 3.05) is 18.6 Å². The molecule has 0 fully saturated rings. The Kier molecular flexibility index (Phi) is 4.76. The number of nitrogens with one attached hydrogen (secondary N) is 1. The quantitative estimate of drug-likeness (QED) is 0.744. The van der Waals surface area contributed by atoms with E-state index in [-0.39, 0.29) is 18.2 Å². The minimum absolute atomic E-state index is 0.0457. The third-order valence-electron chi connectivity index (χ3n) is 4.52. The number of fused-ring (bicyclic) bond motifs is 1. The lowest BCUT2D eigenvalue weighted by atomic mass is 10.2. The number of hydrogen-bond donors (Lipinski definition) is 1. The van der Waals surface area contributed by atoms with Gasteiger partial charge >= 0.3 is 0 Å². The number of anilines is 1. The van der Waals surface area contributed by atoms with E-state index in [1.807, 2.05) is 42.5 Å². The smallest absolute Gasteiger partial charge is 0.274 e. The maximum Gasteiger partial charge on any atom is 0.274 e. The Balaban J connectivity index is 1.45. The maximum atomic E-state index is 12.7. The van der Waals surface area contributed by atoms with Gasteiger partial charge in [-0.1, -0.05) is 47.7 Å². The zero-order valence-corrected chi connectivity index (χ0v) is 15.3. The van der Waals surface area contributed by atoms with Crippen molar-refractivity contribution in [3.63, 3.8) is 0 Å². The fraction of sp³-hybridized carbons (Fsp3) is 0.200. The molecule has 0 radical (unpaired) electrons. The predicted octanol–water partition coefficient (Wildman–Crippen LogP) is 1.48. The molecule has 2 aromatic carbocycles. The lowest BCUT2D eigenvalue weighted by molar-refractivity contribution is -0.120. The average molecular weight is 377 g/mol. The van der Waals surface area contributed by atoms with Crippen molar-refractivity contribution in [3.05, 3.63) is 72.1 Å². The topological polar surface area (TPSA) is 89.4 Å². The van der Waals surface area contributed by atoms with Crippen LogP contribution in [0, 0.1) is 0 Å². The molecule has 1 aromatic heterocycles. The molecule has 0 unspecified atom stereocenters. The summed E-state index contributed by atoms with van der Waals surface area (Å²) in [6, 6.07) is 16.2. The van der Waals surface area contributed by atoms with E-state index >= 15 is 0 Å². The monoisotopic (exact) mass is 377 g/mol. The fourth-order valence-electron chi connectivity index (χ4n) is 3.04. The summed E-state index contributed by atoms with van der Waals surface area (Å²) in [5, 5.41) is 10.6. The van der Waals surface area contributed by atoms with Gasteiger partial charge in [-0.15, -0.1) is 5.10 Å². The van der Waals surface area contributed by atoms with Crippen LogP contribution in [0.25, 0.3) is 0 Å². The molecule has 3 aromatic rings. The van der Waals surface area contributed by atoms with E-state index in [0.717, 1.165) is 5.56 Å². The van der Waals surface area contributed by atoms with Crippen molar-refractivity contribution in [1.82, 2.24) is 20.3 Å². The van der Waals surface area contributed by atoms with Crippen LogP contribution in [-0.2, 0) is 11.3 Å². The van der Waals surface area contributed by atoms with Gasteiger partial charge in [0.2, 0.25) is 0 Å². The molecule has 0 saturated carbocycles. The van der Waals surface area contributed by atoms with Gasteiger partial charge in [-0.25, -0.2) is 4.68 Å². The molecule has 0 spiro atoms. The number of ether oxygens (including phenoxy) is 1. The number of hydrogen-bond acceptors (Lipinski definition) is 5. The number of benzene rings is 2. The number of aromatic nitrogens is 3. The molecule has 8 nitrogen and oxygen atoms in total. The third-order valence-corrected chi connectivity index (χ3v) is 4.52. The van der Waals surface area contributed by atoms with Crippen LogP contribution in [-0.4, -0.2) is 46.5 Å². The highest BCUT2D eigenvalue weighted by molar-refractivity contribution is 6.02. The van der Waals surface area contributed by atoms with E-state index < -0.39 is 11.9 Å². The third kappa shape index (κ3) is 3.57. The van der Waals surface area contributed by atoms with E-state index in [4.69, 9.17) is 4.74 Å². The van der Waals surface area contributed by atoms with Gasteiger partial charge in [-0.3, -0.25) is 9.59 Å². The Morgan fingerprint density at radius 1 is 1.18 bits per heavy atom. The molecule has 2 amide bonds. The summed E-state index contributed by atoms with van der Waals surface area (Å²) < 4.78 is 7.29. The highest BCUT2D eigenvalue weighted by Crippen LogP contribution is 2.29. The summed E-state index contributed by atoms with van der Waals surface area (Å²) in [4.78, 5) is 26.8. The summed E-state index contributed by atoms with van der Waals surface area (Å²) in [5.41, 5.74) is 1.86. The standard InChI is InChI=1S/C20H19N5O3/c1-24-17-9-5-6-10-18(17)28-13-16(20(24)27)21-19(26)15-12-25(23-22-15)11-14-7-3-2-4-8-14/h2-10,12,16H,11,13H2,1H3,(H,21,26)/t16-/m1/s1. The van der Waals surface area contributed by atoms with Crippen LogP contribution >= 0.6 is 0 Å². The van der Waals surface area contributed by atoms with E-state index in [1.54, 1.807) is 30.1 Å². The fourth-order valence-corrected chi connectivity index (χ4v) is 3.04. The van der Waals surface area contributed by atoms with Gasteiger partial charge in [0.05, 0.1) is 18.4 Å². The van der Waals surface area contributed by atoms with Crippen LogP contribution in [0.4, 0.5) is 5.69 Å². The van der Waals surface area contributed by atoms with Crippen LogP contribution in [0.3, 0.4) is 0 Å². The Morgan fingerprint density at radius 2 is 1.93 bits per heavy atom. The molecule has 1 aliphatic heterocycles. The van der Waals surface area contributed by atoms with Gasteiger partial charge < -0.3 is 15.0 Å². The molecular formula is C20H19N5O3. The van der Waals surface area contributed by atoms with Crippen molar-refractivity contribution in [3.8, 4) is 5.75 Å². The van der Waals surface area contributed by atoms with Crippen molar-refractivity contribution < 1.29 is 14.3 Å². The molecule has 1 N–H and O–H groups in total. The molecule has 4 rings (SSSR count). The highest BCUT2D eigenvalue weighted by Gasteiger charge is 2.31. The van der Waals surface area contributed by atoms with Gasteiger partial charge in [0.15, 0.2) is 5.69 Å². The molecule has 2 heterocycles. The number of rotatable bonds is 4. The van der Waals surface area contributed by atoms with Crippen LogP contribution < -0.4 is 15.0 Å². The predicted molar refractivity (Wildman–Crippen MR) is 102 cm³/mol. The van der Waals surface area contributed by atoms with E-state index in [2.05, 4.69) is 15.6 Å². The minimum Gasteiger partial charge on any atom is -0.489 e. The maximum absolute atomic E-state index is 12.7. The zero-order chi connectivity index (χ0) is 19.5. The van der Waals surface area contributed by atoms with Gasteiger partial charge in [0.1, 0.15) is 18.4 Å². The van der Waals surface area contributed by atoms with Gasteiger partial charge in [0.25, 0.3) is 11.8 Å². The lowest BCUT2D eigenvalue weighted by Gasteiger charge is -2.19. The van der Waals surface area contributed by atoms with E-state index in [0.29, 0.717) is 18.0 Å². The van der Waals surface area contributed by atoms with E-state index in [1.165, 1.54) is 4.90 Å². The second-order valence-corrected chi connectivity index (χ2v) is 6.49. The van der Waals surface area contributed by atoms with Crippen molar-refractivity contribution in [2.24, 2.45) is 0 Å². The second kappa shape index (κ2) is 7.51. The SMILES string of the molecule is CN1C(=O)[C@H](NC(=O)c2cn(Cc3ccccc3)nn2)COc2ccccc21. The van der Waals surface area contributed by atoms with Crippen LogP contribution in [0.1, 0.15) is 16.1 Å². The first-order valence-electron chi connectivity index (χ1n) is 8.86. The molecule has 0 bridgehead atoms. The number of carbonyl (C=O) groups excluding carboxylic acids is 2. The largest absolute Gasteiger partial charge is 0.489 e. The van der Waals surface area contributed by atoms with Gasteiger partial charge in [0, 0.05) is 7.05 Å². The zero-order valence-electron chi connectivity index (χ0n) is 15.3. The summed E-state index contributed by atoms with van der Waals surface area (Å²) in [7, 11) is 1.66. The Morgan fingerprint density at radius 3 is 2.75 bits per heavy atom. The Labute approximate surface area is 161 Å². The Bertz CT molecular complexity index is 1000. The molecule has 1 aliphatic rings. The van der Waals surface area contributed by atoms with Crippen LogP contribution in [0.5, 0.6) is 5.75 Å². The highest BCUT2D eigenvalue weighted by atomic mass is 16.5. The number of amides is 2. The minimum atomic E-state index is -0.816. The van der Waals surface area contributed by atoms with Crippen LogP contribution in [0.2, 0.25) is 0 Å². The van der Waals surface area contributed by atoms with E-state index in [9.17, 15) is 9.59 Å². The number of para-hydroxylation sites is 2. The van der Waals surface area contributed by atoms with Crippen molar-refractivity contribution in [2.45, 2.75) is 12.6 Å². The summed E-state index contributed by atoms with van der Waals surface area (Å²) in [6.07, 6.45) is 1.56. The molecular weight excluding hydrogens is 358 g/mol. The number of nitrogens with zero attached hydrogens (tertiary/aromatic N) is 4. The first-order valence-corrected chi connectivity index (χ1v) is 8.86. The molecule has 1 atom stereocenters. The molecule has 0 aliphatic carbocycles. The average Bonchev–Trinajstić information content (AvgIpc) is 3.15. The summed E-state index contributed by atoms with van der Waals surface area (Å²) >= 11 is 0. The van der Waals surface area contributed by atoms with Crippen molar-refractivity contribution in [1.29, 1.82) is 0 Å². The van der Waals surface area contributed by atoms with Gasteiger partial charge in [-0.2, -0.15) is 0 Å². The van der Waals surface area contributed by atoms with Crippen LogP contribution in [0.15, 0.2) is 60.8 Å². The molecule has 0 saturated heterocycles. The molecule has 142 valence electrons. The number of carbonyl (C=O) groups is 2. The first-order chi connectivity index (χ1) is 13.6. The number of likely N-dealkylation sites (N-methyl/N-ethyl adjacent to an activating group) is 1. The lowest BCUT2D eigenvalue weighted by Crippen LogP contribution is -2.49. The molecule has 8 heteroatoms. The first kappa shape index (κ1) is 17.7. The van der Waals surface area contributed by atoms with Gasteiger partial charge in [-0.05, 0) is 17.7 Å². The second-order valence-electron chi connectivity index (χ2n) is 6.49. The normalized spacial score (nSPS) is 16.1. The summed E-state index contributed by atoms with van der Waals surface area (Å²) in [6.45, 7) is 0.550. The summed E-state index contributed by atoms with van der Waals surface area (Å²) in [5.74, 6) is -0.125. The Hall–Kier alpha value is -3.68. The molecule has 28 heavy (non-hydrogen) atoms. The van der Waals surface area contributed by atoms with Crippen molar-refractivity contribution >= 4 is 17.5 Å².